The number of aromatic nitrogens is 1. The fourth-order valence-corrected chi connectivity index (χ4v) is 3.95. The van der Waals surface area contributed by atoms with Gasteiger partial charge in [0, 0.05) is 23.4 Å². The zero-order valence-electron chi connectivity index (χ0n) is 17.8. The van der Waals surface area contributed by atoms with E-state index in [-0.39, 0.29) is 29.4 Å². The van der Waals surface area contributed by atoms with Gasteiger partial charge >= 0.3 is 0 Å². The van der Waals surface area contributed by atoms with Crippen LogP contribution in [0.1, 0.15) is 41.9 Å². The predicted molar refractivity (Wildman–Crippen MR) is 130 cm³/mol. The smallest absolute Gasteiger partial charge is 0.191 e. The van der Waals surface area contributed by atoms with Gasteiger partial charge in [0.15, 0.2) is 17.5 Å². The number of hydrogen-bond acceptors (Lipinski definition) is 5. The third kappa shape index (κ3) is 6.21. The van der Waals surface area contributed by atoms with Gasteiger partial charge in [0.2, 0.25) is 0 Å². The Kier molecular flexibility index (Phi) is 8.57. The number of nitrogens with zero attached hydrogens (tertiary/aromatic N) is 2. The Balaban J connectivity index is 0.00000300. The van der Waals surface area contributed by atoms with Crippen molar-refractivity contribution in [1.29, 1.82) is 0 Å². The molecule has 0 bridgehead atoms. The molecular formula is C21H31IN4O2S. The van der Waals surface area contributed by atoms with Gasteiger partial charge in [-0.05, 0) is 38.5 Å². The third-order valence-corrected chi connectivity index (χ3v) is 5.80. The van der Waals surface area contributed by atoms with E-state index in [1.807, 2.05) is 19.9 Å². The van der Waals surface area contributed by atoms with Gasteiger partial charge in [0.1, 0.15) is 13.2 Å². The molecule has 0 atom stereocenters. The molecule has 2 aromatic rings. The molecule has 0 aliphatic carbocycles. The van der Waals surface area contributed by atoms with Crippen LogP contribution in [-0.4, -0.2) is 37.2 Å². The minimum atomic E-state index is -0.0942. The minimum absolute atomic E-state index is 0. The van der Waals surface area contributed by atoms with Gasteiger partial charge in [-0.3, -0.25) is 0 Å². The van der Waals surface area contributed by atoms with Crippen molar-refractivity contribution in [2.75, 3.05) is 26.3 Å². The Morgan fingerprint density at radius 1 is 1.17 bits per heavy atom. The molecule has 6 nitrogen and oxygen atoms in total. The van der Waals surface area contributed by atoms with Gasteiger partial charge < -0.3 is 20.1 Å². The third-order valence-electron chi connectivity index (χ3n) is 4.75. The van der Waals surface area contributed by atoms with E-state index >= 15 is 0 Å². The summed E-state index contributed by atoms with van der Waals surface area (Å²) in [6.07, 6.45) is 0. The van der Waals surface area contributed by atoms with Crippen molar-refractivity contribution in [3.05, 3.63) is 39.3 Å². The molecule has 2 heterocycles. The van der Waals surface area contributed by atoms with Crippen LogP contribution in [0.15, 0.2) is 23.2 Å². The number of halogens is 1. The van der Waals surface area contributed by atoms with Crippen LogP contribution in [-0.2, 0) is 12.0 Å². The molecule has 1 aromatic carbocycles. The quantitative estimate of drug-likeness (QED) is 0.333. The number of guanidine groups is 1. The van der Waals surface area contributed by atoms with E-state index in [0.29, 0.717) is 19.8 Å². The molecule has 8 heteroatoms. The first kappa shape index (κ1) is 23.7. The van der Waals surface area contributed by atoms with Gasteiger partial charge in [-0.25, -0.2) is 9.98 Å². The number of nitrogens with one attached hydrogen (secondary N) is 2. The topological polar surface area (TPSA) is 67.8 Å². The Labute approximate surface area is 194 Å². The first-order valence-electron chi connectivity index (χ1n) is 9.74. The summed E-state index contributed by atoms with van der Waals surface area (Å²) >= 11 is 1.71. The molecule has 1 aliphatic heterocycles. The molecule has 0 fully saturated rings. The van der Waals surface area contributed by atoms with Crippen molar-refractivity contribution < 1.29 is 9.47 Å². The van der Waals surface area contributed by atoms with Crippen LogP contribution in [0.25, 0.3) is 0 Å². The first-order valence-corrected chi connectivity index (χ1v) is 10.6. The predicted octanol–water partition coefficient (Wildman–Crippen LogP) is 4.18. The van der Waals surface area contributed by atoms with E-state index in [9.17, 15) is 0 Å². The molecule has 0 radical (unpaired) electrons. The van der Waals surface area contributed by atoms with E-state index in [4.69, 9.17) is 14.5 Å². The highest BCUT2D eigenvalue weighted by molar-refractivity contribution is 14.0. The van der Waals surface area contributed by atoms with Crippen LogP contribution in [0.4, 0.5) is 0 Å². The lowest BCUT2D eigenvalue weighted by Gasteiger charge is -2.28. The molecule has 0 saturated heterocycles. The fourth-order valence-electron chi connectivity index (χ4n) is 3.08. The number of ether oxygens (including phenoxy) is 2. The Bertz CT molecular complexity index is 851. The second-order valence-corrected chi connectivity index (χ2v) is 8.82. The number of rotatable bonds is 6. The minimum Gasteiger partial charge on any atom is -0.486 e. The Morgan fingerprint density at radius 2 is 1.90 bits per heavy atom. The number of benzene rings is 1. The molecule has 29 heavy (non-hydrogen) atoms. The molecule has 0 unspecified atom stereocenters. The van der Waals surface area contributed by atoms with Gasteiger partial charge in [0.25, 0.3) is 0 Å². The number of thiazole rings is 1. The van der Waals surface area contributed by atoms with Crippen molar-refractivity contribution in [2.24, 2.45) is 4.99 Å². The van der Waals surface area contributed by atoms with E-state index < -0.39 is 0 Å². The lowest BCUT2D eigenvalue weighted by molar-refractivity contribution is 0.171. The lowest BCUT2D eigenvalue weighted by Crippen LogP contribution is -2.43. The van der Waals surface area contributed by atoms with E-state index in [1.54, 1.807) is 11.3 Å². The summed E-state index contributed by atoms with van der Waals surface area (Å²) in [5.41, 5.74) is 2.18. The van der Waals surface area contributed by atoms with Crippen LogP contribution >= 0.6 is 35.3 Å². The SMILES string of the molecule is CCNC(=NCc1sc(C)nc1C)NCC(C)(C)c1ccc2c(c1)OCCO2.I. The van der Waals surface area contributed by atoms with E-state index in [2.05, 4.69) is 48.5 Å². The van der Waals surface area contributed by atoms with E-state index in [0.717, 1.165) is 41.2 Å². The zero-order valence-corrected chi connectivity index (χ0v) is 20.9. The zero-order chi connectivity index (χ0) is 20.1. The average Bonchev–Trinajstić information content (AvgIpc) is 3.00. The average molecular weight is 530 g/mol. The van der Waals surface area contributed by atoms with Crippen molar-refractivity contribution in [3.8, 4) is 11.5 Å². The fraction of sp³-hybridized carbons (Fsp3) is 0.524. The van der Waals surface area contributed by atoms with Gasteiger partial charge in [-0.1, -0.05) is 19.9 Å². The number of hydrogen-bond donors (Lipinski definition) is 2. The first-order chi connectivity index (χ1) is 13.4. The van der Waals surface area contributed by atoms with E-state index in [1.165, 1.54) is 10.4 Å². The summed E-state index contributed by atoms with van der Waals surface area (Å²) in [4.78, 5) is 10.4. The second kappa shape index (κ2) is 10.5. The number of aliphatic imine (C=N–C) groups is 1. The van der Waals surface area contributed by atoms with Crippen LogP contribution in [0.2, 0.25) is 0 Å². The molecule has 1 aliphatic rings. The molecule has 1 aromatic heterocycles. The van der Waals surface area contributed by atoms with Crippen molar-refractivity contribution >= 4 is 41.3 Å². The molecule has 0 amide bonds. The normalized spacial score (nSPS) is 13.6. The maximum absolute atomic E-state index is 5.74. The number of aryl methyl sites for hydroxylation is 2. The molecule has 2 N–H and O–H groups in total. The summed E-state index contributed by atoms with van der Waals surface area (Å²) in [6.45, 7) is 14.0. The Hall–Kier alpha value is -1.55. The van der Waals surface area contributed by atoms with Gasteiger partial charge in [0.05, 0.1) is 17.2 Å². The van der Waals surface area contributed by atoms with Crippen LogP contribution in [0, 0.1) is 13.8 Å². The molecule has 0 saturated carbocycles. The van der Waals surface area contributed by atoms with Gasteiger partial charge in [-0.2, -0.15) is 0 Å². The van der Waals surface area contributed by atoms with Crippen molar-refractivity contribution in [3.63, 3.8) is 0 Å². The Morgan fingerprint density at radius 3 is 2.55 bits per heavy atom. The highest BCUT2D eigenvalue weighted by Crippen LogP contribution is 2.34. The van der Waals surface area contributed by atoms with Crippen LogP contribution in [0.5, 0.6) is 11.5 Å². The molecular weight excluding hydrogens is 499 g/mol. The van der Waals surface area contributed by atoms with Crippen LogP contribution < -0.4 is 20.1 Å². The maximum atomic E-state index is 5.74. The molecule has 0 spiro atoms. The standard InChI is InChI=1S/C21H30N4O2S.HI/c1-6-22-20(23-12-19-14(2)25-15(3)28-19)24-13-21(4,5)16-7-8-17-18(11-16)27-10-9-26-17;/h7-8,11H,6,9-10,12-13H2,1-5H3,(H2,22,23,24);1H. The van der Waals surface area contributed by atoms with Crippen LogP contribution in [0.3, 0.4) is 0 Å². The summed E-state index contributed by atoms with van der Waals surface area (Å²) in [6, 6.07) is 6.20. The van der Waals surface area contributed by atoms with Crippen molar-refractivity contribution in [1.82, 2.24) is 15.6 Å². The highest BCUT2D eigenvalue weighted by Gasteiger charge is 2.24. The molecule has 160 valence electrons. The summed E-state index contributed by atoms with van der Waals surface area (Å²) in [5.74, 6) is 2.47. The highest BCUT2D eigenvalue weighted by atomic mass is 127. The molecule has 3 rings (SSSR count). The maximum Gasteiger partial charge on any atom is 0.191 e. The van der Waals surface area contributed by atoms with Gasteiger partial charge in [-0.15, -0.1) is 35.3 Å². The second-order valence-electron chi connectivity index (χ2n) is 7.53. The lowest BCUT2D eigenvalue weighted by atomic mass is 9.84. The summed E-state index contributed by atoms with van der Waals surface area (Å²) in [7, 11) is 0. The summed E-state index contributed by atoms with van der Waals surface area (Å²) in [5, 5.41) is 7.90. The largest absolute Gasteiger partial charge is 0.486 e. The summed E-state index contributed by atoms with van der Waals surface area (Å²) < 4.78 is 11.4. The number of fused-ring (bicyclic) bond motifs is 1. The monoisotopic (exact) mass is 530 g/mol. The van der Waals surface area contributed by atoms with Crippen molar-refractivity contribution in [2.45, 2.75) is 46.6 Å².